The maximum absolute atomic E-state index is 5.45. The molecule has 6 nitrogen and oxygen atoms in total. The molecule has 0 spiro atoms. The average molecular weight is 290 g/mol. The van der Waals surface area contributed by atoms with Crippen molar-refractivity contribution in [2.45, 2.75) is 45.2 Å². The lowest BCUT2D eigenvalue weighted by Crippen LogP contribution is -2.49. The van der Waals surface area contributed by atoms with E-state index in [4.69, 9.17) is 5.84 Å². The van der Waals surface area contributed by atoms with E-state index in [0.29, 0.717) is 5.82 Å². The Morgan fingerprint density at radius 2 is 1.90 bits per heavy atom. The van der Waals surface area contributed by atoms with Crippen LogP contribution in [0, 0.1) is 6.92 Å². The van der Waals surface area contributed by atoms with Gasteiger partial charge in [-0.05, 0) is 19.8 Å². The molecule has 3 N–H and O–H groups in total. The van der Waals surface area contributed by atoms with Gasteiger partial charge in [0.15, 0.2) is 0 Å². The molecule has 1 aliphatic heterocycles. The predicted octanol–water partition coefficient (Wildman–Crippen LogP) is 1.13. The monoisotopic (exact) mass is 290 g/mol. The summed E-state index contributed by atoms with van der Waals surface area (Å²) < 4.78 is 0. The first-order valence-corrected chi connectivity index (χ1v) is 8.02. The topological polar surface area (TPSA) is 70.3 Å². The molecule has 0 aromatic carbocycles. The van der Waals surface area contributed by atoms with Gasteiger partial charge in [0.05, 0.1) is 6.54 Å². The highest BCUT2D eigenvalue weighted by Gasteiger charge is 2.26. The molecule has 3 rings (SSSR count). The van der Waals surface area contributed by atoms with Gasteiger partial charge in [-0.3, -0.25) is 9.80 Å². The fraction of sp³-hybridized carbons (Fsp3) is 0.733. The summed E-state index contributed by atoms with van der Waals surface area (Å²) in [5, 5.41) is 0. The van der Waals surface area contributed by atoms with Crippen LogP contribution in [0.5, 0.6) is 0 Å². The van der Waals surface area contributed by atoms with Crippen LogP contribution in [-0.2, 0) is 6.54 Å². The molecule has 0 amide bonds. The third-order valence-corrected chi connectivity index (χ3v) is 4.66. The minimum Gasteiger partial charge on any atom is -0.308 e. The molecule has 1 saturated heterocycles. The van der Waals surface area contributed by atoms with Gasteiger partial charge in [0.2, 0.25) is 0 Å². The van der Waals surface area contributed by atoms with E-state index < -0.39 is 0 Å². The minimum absolute atomic E-state index is 0.696. The Morgan fingerprint density at radius 1 is 1.19 bits per heavy atom. The number of hydrogen-bond acceptors (Lipinski definition) is 6. The second-order valence-corrected chi connectivity index (χ2v) is 6.21. The Hall–Kier alpha value is -1.24. The summed E-state index contributed by atoms with van der Waals surface area (Å²) in [6.07, 6.45) is 5.62. The van der Waals surface area contributed by atoms with Gasteiger partial charge < -0.3 is 5.43 Å². The molecule has 0 radical (unpaired) electrons. The second kappa shape index (κ2) is 6.68. The van der Waals surface area contributed by atoms with Gasteiger partial charge in [0.1, 0.15) is 11.6 Å². The molecule has 2 heterocycles. The summed E-state index contributed by atoms with van der Waals surface area (Å²) in [6, 6.07) is 2.71. The number of hydrazine groups is 1. The molecule has 2 aliphatic rings. The number of aromatic nitrogens is 2. The highest BCUT2D eigenvalue weighted by Crippen LogP contribution is 2.24. The van der Waals surface area contributed by atoms with Gasteiger partial charge in [0, 0.05) is 44.0 Å². The number of nitrogens with one attached hydrogen (secondary N) is 1. The molecule has 1 aromatic rings. The first-order chi connectivity index (χ1) is 10.2. The molecule has 1 aliphatic carbocycles. The SMILES string of the molecule is Cc1cc(NN)nc(CN2CCN(C3CCCC3)CC2)n1. The number of rotatable bonds is 4. The average Bonchev–Trinajstić information content (AvgIpc) is 3.01. The van der Waals surface area contributed by atoms with E-state index in [1.165, 1.54) is 38.8 Å². The standard InChI is InChI=1S/C15H26N6/c1-12-10-14(19-16)18-15(17-12)11-20-6-8-21(9-7-20)13-4-2-3-5-13/h10,13H,2-9,11,16H2,1H3,(H,17,18,19). The van der Waals surface area contributed by atoms with Crippen molar-refractivity contribution in [3.63, 3.8) is 0 Å². The lowest BCUT2D eigenvalue weighted by atomic mass is 10.2. The lowest BCUT2D eigenvalue weighted by molar-refractivity contribution is 0.0921. The molecule has 0 atom stereocenters. The van der Waals surface area contributed by atoms with Gasteiger partial charge in [0.25, 0.3) is 0 Å². The third-order valence-electron chi connectivity index (χ3n) is 4.66. The van der Waals surface area contributed by atoms with Gasteiger partial charge in [-0.1, -0.05) is 12.8 Å². The van der Waals surface area contributed by atoms with E-state index in [1.54, 1.807) is 0 Å². The van der Waals surface area contributed by atoms with Crippen LogP contribution in [0.15, 0.2) is 6.07 Å². The summed E-state index contributed by atoms with van der Waals surface area (Å²) in [5.74, 6) is 7.00. The lowest BCUT2D eigenvalue weighted by Gasteiger charge is -2.37. The minimum atomic E-state index is 0.696. The summed E-state index contributed by atoms with van der Waals surface area (Å²) in [5.41, 5.74) is 3.57. The highest BCUT2D eigenvalue weighted by molar-refractivity contribution is 5.33. The summed E-state index contributed by atoms with van der Waals surface area (Å²) >= 11 is 0. The second-order valence-electron chi connectivity index (χ2n) is 6.21. The van der Waals surface area contributed by atoms with Crippen LogP contribution < -0.4 is 11.3 Å². The van der Waals surface area contributed by atoms with Crippen molar-refractivity contribution in [3.8, 4) is 0 Å². The predicted molar refractivity (Wildman–Crippen MR) is 83.7 cm³/mol. The van der Waals surface area contributed by atoms with Gasteiger partial charge >= 0.3 is 0 Å². The zero-order chi connectivity index (χ0) is 14.7. The largest absolute Gasteiger partial charge is 0.308 e. The Kier molecular flexibility index (Phi) is 4.67. The molecule has 1 saturated carbocycles. The number of aryl methyl sites for hydroxylation is 1. The molecular formula is C15H26N6. The molecule has 0 unspecified atom stereocenters. The third kappa shape index (κ3) is 3.70. The first kappa shape index (κ1) is 14.7. The normalized spacial score (nSPS) is 21.8. The fourth-order valence-electron chi connectivity index (χ4n) is 3.53. The van der Waals surface area contributed by atoms with Crippen molar-refractivity contribution in [2.75, 3.05) is 31.6 Å². The van der Waals surface area contributed by atoms with Crippen LogP contribution >= 0.6 is 0 Å². The molecule has 0 bridgehead atoms. The molecule has 6 heteroatoms. The zero-order valence-electron chi connectivity index (χ0n) is 12.9. The Balaban J connectivity index is 1.54. The van der Waals surface area contributed by atoms with E-state index in [1.807, 2.05) is 13.0 Å². The van der Waals surface area contributed by atoms with Crippen LogP contribution in [-0.4, -0.2) is 52.0 Å². The highest BCUT2D eigenvalue weighted by atomic mass is 15.3. The van der Waals surface area contributed by atoms with Crippen molar-refractivity contribution in [3.05, 3.63) is 17.6 Å². The van der Waals surface area contributed by atoms with Crippen LogP contribution in [0.3, 0.4) is 0 Å². The van der Waals surface area contributed by atoms with Gasteiger partial charge in [-0.15, -0.1) is 0 Å². The van der Waals surface area contributed by atoms with E-state index in [9.17, 15) is 0 Å². The number of piperazine rings is 1. The molecule has 2 fully saturated rings. The van der Waals surface area contributed by atoms with E-state index in [2.05, 4.69) is 25.2 Å². The zero-order valence-corrected chi connectivity index (χ0v) is 12.9. The summed E-state index contributed by atoms with van der Waals surface area (Å²) in [6.45, 7) is 7.37. The first-order valence-electron chi connectivity index (χ1n) is 8.02. The number of anilines is 1. The van der Waals surface area contributed by atoms with Crippen molar-refractivity contribution < 1.29 is 0 Å². The quantitative estimate of drug-likeness (QED) is 0.640. The fourth-order valence-corrected chi connectivity index (χ4v) is 3.53. The number of nitrogens with two attached hydrogens (primary N) is 1. The van der Waals surface area contributed by atoms with Crippen LogP contribution in [0.25, 0.3) is 0 Å². The van der Waals surface area contributed by atoms with Gasteiger partial charge in [-0.25, -0.2) is 15.8 Å². The molecule has 1 aromatic heterocycles. The van der Waals surface area contributed by atoms with Crippen LogP contribution in [0.1, 0.15) is 37.2 Å². The molecule has 116 valence electrons. The van der Waals surface area contributed by atoms with Crippen molar-refractivity contribution in [1.29, 1.82) is 0 Å². The number of hydrogen-bond donors (Lipinski definition) is 2. The van der Waals surface area contributed by atoms with Crippen molar-refractivity contribution >= 4 is 5.82 Å². The van der Waals surface area contributed by atoms with Crippen molar-refractivity contribution in [1.82, 2.24) is 19.8 Å². The van der Waals surface area contributed by atoms with E-state index in [-0.39, 0.29) is 0 Å². The smallest absolute Gasteiger partial charge is 0.145 e. The summed E-state index contributed by atoms with van der Waals surface area (Å²) in [4.78, 5) is 14.1. The molecular weight excluding hydrogens is 264 g/mol. The Labute approximate surface area is 126 Å². The summed E-state index contributed by atoms with van der Waals surface area (Å²) in [7, 11) is 0. The maximum Gasteiger partial charge on any atom is 0.145 e. The molecule has 21 heavy (non-hydrogen) atoms. The van der Waals surface area contributed by atoms with Crippen LogP contribution in [0.2, 0.25) is 0 Å². The van der Waals surface area contributed by atoms with Crippen LogP contribution in [0.4, 0.5) is 5.82 Å². The Bertz CT molecular complexity index is 463. The number of nitrogen functional groups attached to an aromatic ring is 1. The van der Waals surface area contributed by atoms with Gasteiger partial charge in [-0.2, -0.15) is 0 Å². The van der Waals surface area contributed by atoms with E-state index >= 15 is 0 Å². The maximum atomic E-state index is 5.45. The van der Waals surface area contributed by atoms with Crippen molar-refractivity contribution in [2.24, 2.45) is 5.84 Å². The van der Waals surface area contributed by atoms with E-state index in [0.717, 1.165) is 37.2 Å². The Morgan fingerprint density at radius 3 is 2.57 bits per heavy atom. The number of nitrogens with zero attached hydrogens (tertiary/aromatic N) is 4.